The molecule has 0 aliphatic rings. The smallest absolute Gasteiger partial charge is 0.142 e. The Labute approximate surface area is 103 Å². The Hall–Kier alpha value is -0.840. The van der Waals surface area contributed by atoms with Crippen LogP contribution in [-0.4, -0.2) is 13.2 Å². The molecule has 0 aliphatic carbocycles. The molecule has 1 aromatic rings. The lowest BCUT2D eigenvalue weighted by molar-refractivity contribution is 0.318. The molecule has 0 spiro atoms. The second-order valence-corrected chi connectivity index (χ2v) is 3.16. The van der Waals surface area contributed by atoms with Crippen molar-refractivity contribution in [3.63, 3.8) is 0 Å². The third-order valence-electron chi connectivity index (χ3n) is 1.61. The molecule has 2 nitrogen and oxygen atoms in total. The first-order chi connectivity index (χ1) is 7.13. The van der Waals surface area contributed by atoms with Gasteiger partial charge in [-0.2, -0.15) is 0 Å². The molecule has 0 heterocycles. The van der Waals surface area contributed by atoms with Crippen molar-refractivity contribution in [3.8, 4) is 5.75 Å². The van der Waals surface area contributed by atoms with E-state index in [1.165, 1.54) is 18.2 Å². The number of rotatable bonds is 4. The van der Waals surface area contributed by atoms with E-state index in [-0.39, 0.29) is 30.6 Å². The fraction of sp³-hybridized carbons (Fsp3) is 0.200. The maximum atomic E-state index is 12.8. The van der Waals surface area contributed by atoms with E-state index >= 15 is 0 Å². The molecule has 0 radical (unpaired) electrons. The zero-order chi connectivity index (χ0) is 11.3. The molecular formula is C10H11Cl2F2NO. The largest absolute Gasteiger partial charge is 0.486 e. The minimum absolute atomic E-state index is 0. The van der Waals surface area contributed by atoms with Gasteiger partial charge in [-0.15, -0.1) is 12.4 Å². The maximum Gasteiger partial charge on any atom is 0.142 e. The predicted molar refractivity (Wildman–Crippen MR) is 62.4 cm³/mol. The van der Waals surface area contributed by atoms with Gasteiger partial charge >= 0.3 is 0 Å². The van der Waals surface area contributed by atoms with Crippen LogP contribution in [0.4, 0.5) is 8.78 Å². The minimum Gasteiger partial charge on any atom is -0.486 e. The third-order valence-corrected chi connectivity index (χ3v) is 1.90. The summed E-state index contributed by atoms with van der Waals surface area (Å²) in [7, 11) is 0. The van der Waals surface area contributed by atoms with Crippen molar-refractivity contribution in [2.75, 3.05) is 13.2 Å². The van der Waals surface area contributed by atoms with Gasteiger partial charge < -0.3 is 10.5 Å². The molecule has 0 aromatic heterocycles. The van der Waals surface area contributed by atoms with Gasteiger partial charge in [0.15, 0.2) is 0 Å². The number of benzene rings is 1. The van der Waals surface area contributed by atoms with Gasteiger partial charge in [0, 0.05) is 12.6 Å². The van der Waals surface area contributed by atoms with E-state index in [1.807, 2.05) is 0 Å². The molecule has 6 heteroatoms. The lowest BCUT2D eigenvalue weighted by atomic mass is 10.3. The third kappa shape index (κ3) is 4.79. The van der Waals surface area contributed by atoms with Crippen LogP contribution >= 0.6 is 24.0 Å². The molecule has 0 saturated heterocycles. The van der Waals surface area contributed by atoms with Crippen LogP contribution in [-0.2, 0) is 0 Å². The molecule has 0 unspecified atom stereocenters. The second kappa shape index (κ2) is 7.44. The van der Waals surface area contributed by atoms with Crippen LogP contribution in [0.15, 0.2) is 30.1 Å². The average Bonchev–Trinajstić information content (AvgIpc) is 2.20. The average molecular weight is 270 g/mol. The summed E-state index contributed by atoms with van der Waals surface area (Å²) in [5, 5.41) is -0.0595. The van der Waals surface area contributed by atoms with E-state index in [9.17, 15) is 8.78 Å². The zero-order valence-corrected chi connectivity index (χ0v) is 9.82. The number of ether oxygens (including phenoxy) is 1. The van der Waals surface area contributed by atoms with Crippen LogP contribution in [0.5, 0.6) is 5.75 Å². The van der Waals surface area contributed by atoms with E-state index in [1.54, 1.807) is 0 Å². The van der Waals surface area contributed by atoms with Crippen molar-refractivity contribution in [1.82, 2.24) is 0 Å². The van der Waals surface area contributed by atoms with Gasteiger partial charge in [0.2, 0.25) is 0 Å². The van der Waals surface area contributed by atoms with Gasteiger partial charge in [0.25, 0.3) is 0 Å². The first kappa shape index (κ1) is 15.2. The highest BCUT2D eigenvalue weighted by Crippen LogP contribution is 2.21. The molecule has 2 N–H and O–H groups in total. The van der Waals surface area contributed by atoms with Crippen molar-refractivity contribution < 1.29 is 13.5 Å². The summed E-state index contributed by atoms with van der Waals surface area (Å²) >= 11 is 5.51. The highest BCUT2D eigenvalue weighted by atomic mass is 35.5. The molecule has 0 amide bonds. The van der Waals surface area contributed by atoms with Crippen LogP contribution in [0, 0.1) is 5.82 Å². The van der Waals surface area contributed by atoms with Gasteiger partial charge in [-0.05, 0) is 18.2 Å². The molecule has 0 fully saturated rings. The highest BCUT2D eigenvalue weighted by molar-refractivity contribution is 6.30. The highest BCUT2D eigenvalue weighted by Gasteiger charge is 2.02. The number of hydrogen-bond donors (Lipinski definition) is 1. The normalized spacial score (nSPS) is 10.9. The number of nitrogens with two attached hydrogens (primary N) is 1. The standard InChI is InChI=1S/C10H10ClF2NO.ClH/c11-9-5-8(1-2-10(9)13)15-6-7(12)3-4-14;/h1-3,5H,4,6,14H2;1H/b7-3+;. The Morgan fingerprint density at radius 3 is 2.75 bits per heavy atom. The monoisotopic (exact) mass is 269 g/mol. The summed E-state index contributed by atoms with van der Waals surface area (Å²) in [5.74, 6) is -0.707. The topological polar surface area (TPSA) is 35.2 Å². The molecule has 1 aromatic carbocycles. The first-order valence-corrected chi connectivity index (χ1v) is 4.63. The van der Waals surface area contributed by atoms with Crippen LogP contribution < -0.4 is 10.5 Å². The van der Waals surface area contributed by atoms with E-state index in [4.69, 9.17) is 22.1 Å². The van der Waals surface area contributed by atoms with E-state index in [0.29, 0.717) is 5.75 Å². The SMILES string of the molecule is Cl.NC/C=C(/F)COc1ccc(F)c(Cl)c1. The van der Waals surface area contributed by atoms with E-state index in [2.05, 4.69) is 0 Å². The van der Waals surface area contributed by atoms with E-state index < -0.39 is 11.6 Å². The predicted octanol–water partition coefficient (Wildman–Crippen LogP) is 3.09. The van der Waals surface area contributed by atoms with Crippen molar-refractivity contribution in [1.29, 1.82) is 0 Å². The van der Waals surface area contributed by atoms with Crippen molar-refractivity contribution in [2.45, 2.75) is 0 Å². The fourth-order valence-corrected chi connectivity index (χ4v) is 1.08. The van der Waals surface area contributed by atoms with Crippen molar-refractivity contribution >= 4 is 24.0 Å². The minimum atomic E-state index is -0.540. The van der Waals surface area contributed by atoms with Crippen LogP contribution in [0.2, 0.25) is 5.02 Å². The van der Waals surface area contributed by atoms with Crippen LogP contribution in [0.3, 0.4) is 0 Å². The Bertz CT molecular complexity index is 372. The molecule has 0 saturated carbocycles. The van der Waals surface area contributed by atoms with Gasteiger partial charge in [0.05, 0.1) is 5.02 Å². The number of halogens is 4. The zero-order valence-electron chi connectivity index (χ0n) is 8.25. The Kier molecular flexibility index (Phi) is 7.05. The van der Waals surface area contributed by atoms with Gasteiger partial charge in [-0.1, -0.05) is 11.6 Å². The molecule has 90 valence electrons. The number of hydrogen-bond acceptors (Lipinski definition) is 2. The summed E-state index contributed by atoms with van der Waals surface area (Å²) in [6.07, 6.45) is 1.20. The summed E-state index contributed by atoms with van der Waals surface area (Å²) < 4.78 is 30.6. The fourth-order valence-electron chi connectivity index (χ4n) is 0.906. The Morgan fingerprint density at radius 2 is 2.19 bits per heavy atom. The molecule has 1 rings (SSSR count). The molecular weight excluding hydrogens is 259 g/mol. The lowest BCUT2D eigenvalue weighted by Gasteiger charge is -2.05. The molecule has 0 atom stereocenters. The van der Waals surface area contributed by atoms with Gasteiger partial charge in [-0.3, -0.25) is 0 Å². The first-order valence-electron chi connectivity index (χ1n) is 4.26. The lowest BCUT2D eigenvalue weighted by Crippen LogP contribution is -2.01. The summed E-state index contributed by atoms with van der Waals surface area (Å²) in [6, 6.07) is 3.81. The van der Waals surface area contributed by atoms with Gasteiger partial charge in [0.1, 0.15) is 24.0 Å². The van der Waals surface area contributed by atoms with Gasteiger partial charge in [-0.25, -0.2) is 8.78 Å². The Balaban J connectivity index is 0.00000225. The molecule has 0 bridgehead atoms. The second-order valence-electron chi connectivity index (χ2n) is 2.75. The quantitative estimate of drug-likeness (QED) is 0.912. The summed E-state index contributed by atoms with van der Waals surface area (Å²) in [4.78, 5) is 0. The van der Waals surface area contributed by atoms with Crippen LogP contribution in [0.1, 0.15) is 0 Å². The van der Waals surface area contributed by atoms with Crippen molar-refractivity contribution in [3.05, 3.63) is 40.9 Å². The van der Waals surface area contributed by atoms with E-state index in [0.717, 1.165) is 6.07 Å². The van der Waals surface area contributed by atoms with Crippen molar-refractivity contribution in [2.24, 2.45) is 5.73 Å². The summed E-state index contributed by atoms with van der Waals surface area (Å²) in [5.41, 5.74) is 5.10. The molecule has 0 aliphatic heterocycles. The van der Waals surface area contributed by atoms with Crippen LogP contribution in [0.25, 0.3) is 0 Å². The maximum absolute atomic E-state index is 12.8. The molecule has 16 heavy (non-hydrogen) atoms. The summed E-state index contributed by atoms with van der Waals surface area (Å²) in [6.45, 7) is -0.126. The Morgan fingerprint density at radius 1 is 1.50 bits per heavy atom.